The van der Waals surface area contributed by atoms with Gasteiger partial charge in [-0.05, 0) is 17.4 Å². The number of hydrogen-bond acceptors (Lipinski definition) is 3. The molecule has 70 valence electrons. The van der Waals surface area contributed by atoms with Crippen LogP contribution >= 0.6 is 12.6 Å². The number of nitrogens with one attached hydrogen (secondary N) is 1. The van der Waals surface area contributed by atoms with Crippen molar-refractivity contribution in [3.05, 3.63) is 30.1 Å². The van der Waals surface area contributed by atoms with Gasteiger partial charge in [0, 0.05) is 25.4 Å². The lowest BCUT2D eigenvalue weighted by atomic mass is 10.3. The lowest BCUT2D eigenvalue weighted by Crippen LogP contribution is -2.22. The predicted octanol–water partition coefficient (Wildman–Crippen LogP) is 1.02. The maximum absolute atomic E-state index is 11.0. The van der Waals surface area contributed by atoms with Gasteiger partial charge in [0.1, 0.15) is 0 Å². The highest BCUT2D eigenvalue weighted by Crippen LogP contribution is 1.94. The normalized spacial score (nSPS) is 9.62. The lowest BCUT2D eigenvalue weighted by molar-refractivity contribution is -0.120. The van der Waals surface area contributed by atoms with Gasteiger partial charge in [-0.25, -0.2) is 0 Å². The van der Waals surface area contributed by atoms with Crippen LogP contribution in [0.2, 0.25) is 0 Å². The summed E-state index contributed by atoms with van der Waals surface area (Å²) >= 11 is 3.97. The fourth-order valence-corrected chi connectivity index (χ4v) is 1.10. The van der Waals surface area contributed by atoms with Gasteiger partial charge in [-0.2, -0.15) is 12.6 Å². The molecule has 0 aliphatic carbocycles. The molecule has 0 aliphatic heterocycles. The minimum Gasteiger partial charge on any atom is -0.352 e. The molecule has 4 heteroatoms. The van der Waals surface area contributed by atoms with E-state index in [-0.39, 0.29) is 5.91 Å². The van der Waals surface area contributed by atoms with Crippen molar-refractivity contribution in [2.75, 3.05) is 5.75 Å². The summed E-state index contributed by atoms with van der Waals surface area (Å²) in [4.78, 5) is 15.0. The first-order valence-electron chi connectivity index (χ1n) is 4.09. The summed E-state index contributed by atoms with van der Waals surface area (Å²) in [6.07, 6.45) is 3.91. The lowest BCUT2D eigenvalue weighted by Gasteiger charge is -2.02. The van der Waals surface area contributed by atoms with Crippen molar-refractivity contribution >= 4 is 18.5 Å². The molecule has 0 aromatic carbocycles. The van der Waals surface area contributed by atoms with Gasteiger partial charge in [0.25, 0.3) is 0 Å². The van der Waals surface area contributed by atoms with Crippen molar-refractivity contribution in [3.8, 4) is 0 Å². The van der Waals surface area contributed by atoms with Crippen LogP contribution in [0, 0.1) is 0 Å². The molecule has 1 amide bonds. The van der Waals surface area contributed by atoms with Crippen molar-refractivity contribution in [3.63, 3.8) is 0 Å². The predicted molar refractivity (Wildman–Crippen MR) is 54.6 cm³/mol. The van der Waals surface area contributed by atoms with Crippen molar-refractivity contribution in [1.82, 2.24) is 10.3 Å². The maximum atomic E-state index is 11.0. The van der Waals surface area contributed by atoms with Gasteiger partial charge in [-0.1, -0.05) is 6.07 Å². The quantitative estimate of drug-likeness (QED) is 0.706. The Balaban J connectivity index is 2.31. The Bertz CT molecular complexity index is 264. The second-order valence-corrected chi connectivity index (χ2v) is 3.06. The monoisotopic (exact) mass is 196 g/mol. The minimum atomic E-state index is 0.0267. The maximum Gasteiger partial charge on any atom is 0.221 e. The SMILES string of the molecule is O=C(CCS)NCc1cccnc1. The van der Waals surface area contributed by atoms with E-state index in [9.17, 15) is 4.79 Å². The number of carbonyl (C=O) groups is 1. The molecule has 13 heavy (non-hydrogen) atoms. The molecule has 1 heterocycles. The molecule has 0 aliphatic rings. The van der Waals surface area contributed by atoms with E-state index in [1.807, 2.05) is 12.1 Å². The Morgan fingerprint density at radius 1 is 1.62 bits per heavy atom. The first-order chi connectivity index (χ1) is 6.33. The topological polar surface area (TPSA) is 42.0 Å². The third kappa shape index (κ3) is 3.94. The van der Waals surface area contributed by atoms with E-state index in [2.05, 4.69) is 22.9 Å². The summed E-state index contributed by atoms with van der Waals surface area (Å²) in [6.45, 7) is 0.542. The Morgan fingerprint density at radius 2 is 2.46 bits per heavy atom. The number of rotatable bonds is 4. The Labute approximate surface area is 83.0 Å². The van der Waals surface area contributed by atoms with Crippen molar-refractivity contribution in [2.24, 2.45) is 0 Å². The van der Waals surface area contributed by atoms with Crippen LogP contribution in [0.1, 0.15) is 12.0 Å². The van der Waals surface area contributed by atoms with Crippen LogP contribution in [-0.4, -0.2) is 16.6 Å². The van der Waals surface area contributed by atoms with Gasteiger partial charge in [-0.3, -0.25) is 9.78 Å². The van der Waals surface area contributed by atoms with Crippen LogP contribution in [0.5, 0.6) is 0 Å². The zero-order chi connectivity index (χ0) is 9.52. The number of thiol groups is 1. The van der Waals surface area contributed by atoms with E-state index in [0.717, 1.165) is 5.56 Å². The van der Waals surface area contributed by atoms with E-state index < -0.39 is 0 Å². The van der Waals surface area contributed by atoms with Gasteiger partial charge in [0.15, 0.2) is 0 Å². The molecular formula is C9H12N2OS. The number of carbonyl (C=O) groups excluding carboxylic acids is 1. The molecule has 0 atom stereocenters. The molecule has 0 unspecified atom stereocenters. The Kier molecular flexibility index (Phi) is 4.32. The molecular weight excluding hydrogens is 184 g/mol. The van der Waals surface area contributed by atoms with Gasteiger partial charge in [-0.15, -0.1) is 0 Å². The highest BCUT2D eigenvalue weighted by atomic mass is 32.1. The second kappa shape index (κ2) is 5.59. The molecule has 3 nitrogen and oxygen atoms in total. The van der Waals surface area contributed by atoms with Gasteiger partial charge in [0.05, 0.1) is 0 Å². The Hall–Kier alpha value is -1.03. The summed E-state index contributed by atoms with van der Waals surface area (Å²) in [7, 11) is 0. The molecule has 0 radical (unpaired) electrons. The fraction of sp³-hybridized carbons (Fsp3) is 0.333. The summed E-state index contributed by atoms with van der Waals surface area (Å²) in [5.74, 6) is 0.609. The standard InChI is InChI=1S/C9H12N2OS/c12-9(3-5-13)11-7-8-2-1-4-10-6-8/h1-2,4,6,13H,3,5,7H2,(H,11,12). The zero-order valence-electron chi connectivity index (χ0n) is 7.23. The van der Waals surface area contributed by atoms with Crippen LogP contribution < -0.4 is 5.32 Å². The average Bonchev–Trinajstić information content (AvgIpc) is 2.17. The first-order valence-corrected chi connectivity index (χ1v) is 4.72. The van der Waals surface area contributed by atoms with Crippen molar-refractivity contribution in [1.29, 1.82) is 0 Å². The number of nitrogens with zero attached hydrogens (tertiary/aromatic N) is 1. The molecule has 1 N–H and O–H groups in total. The van der Waals surface area contributed by atoms with E-state index in [0.29, 0.717) is 18.7 Å². The molecule has 0 saturated carbocycles. The van der Waals surface area contributed by atoms with Gasteiger partial charge < -0.3 is 5.32 Å². The third-order valence-electron chi connectivity index (χ3n) is 1.55. The summed E-state index contributed by atoms with van der Waals surface area (Å²) in [5, 5.41) is 2.77. The summed E-state index contributed by atoms with van der Waals surface area (Å²) < 4.78 is 0. The fourth-order valence-electron chi connectivity index (χ4n) is 0.893. The largest absolute Gasteiger partial charge is 0.352 e. The van der Waals surface area contributed by atoms with Crippen molar-refractivity contribution < 1.29 is 4.79 Å². The molecule has 0 saturated heterocycles. The summed E-state index contributed by atoms with van der Waals surface area (Å²) in [6, 6.07) is 3.77. The second-order valence-electron chi connectivity index (χ2n) is 2.61. The molecule has 1 aromatic heterocycles. The van der Waals surface area contributed by atoms with E-state index in [4.69, 9.17) is 0 Å². The Morgan fingerprint density at radius 3 is 3.08 bits per heavy atom. The first kappa shape index (κ1) is 10.1. The smallest absolute Gasteiger partial charge is 0.221 e. The average molecular weight is 196 g/mol. The van der Waals surface area contributed by atoms with Crippen LogP contribution in [0.4, 0.5) is 0 Å². The van der Waals surface area contributed by atoms with E-state index >= 15 is 0 Å². The molecule has 0 bridgehead atoms. The highest BCUT2D eigenvalue weighted by Gasteiger charge is 1.98. The van der Waals surface area contributed by atoms with E-state index in [1.165, 1.54) is 0 Å². The highest BCUT2D eigenvalue weighted by molar-refractivity contribution is 7.80. The summed E-state index contributed by atoms with van der Waals surface area (Å²) in [5.41, 5.74) is 1.01. The zero-order valence-corrected chi connectivity index (χ0v) is 8.13. The van der Waals surface area contributed by atoms with Crippen molar-refractivity contribution in [2.45, 2.75) is 13.0 Å². The molecule has 0 fully saturated rings. The van der Waals surface area contributed by atoms with Crippen LogP contribution in [0.15, 0.2) is 24.5 Å². The van der Waals surface area contributed by atoms with Crippen LogP contribution in [0.3, 0.4) is 0 Å². The number of amides is 1. The van der Waals surface area contributed by atoms with Gasteiger partial charge >= 0.3 is 0 Å². The molecule has 0 spiro atoms. The van der Waals surface area contributed by atoms with E-state index in [1.54, 1.807) is 12.4 Å². The van der Waals surface area contributed by atoms with Crippen LogP contribution in [0.25, 0.3) is 0 Å². The number of hydrogen-bond donors (Lipinski definition) is 2. The molecule has 1 aromatic rings. The number of pyridine rings is 1. The number of aromatic nitrogens is 1. The van der Waals surface area contributed by atoms with Gasteiger partial charge in [0.2, 0.25) is 5.91 Å². The minimum absolute atomic E-state index is 0.0267. The third-order valence-corrected chi connectivity index (χ3v) is 1.77. The van der Waals surface area contributed by atoms with Crippen LogP contribution in [-0.2, 0) is 11.3 Å². The molecule has 1 rings (SSSR count).